The largest absolute Gasteiger partial charge is 0.494 e. The van der Waals surface area contributed by atoms with Gasteiger partial charge in [0.15, 0.2) is 0 Å². The summed E-state index contributed by atoms with van der Waals surface area (Å²) in [6.07, 6.45) is 0.891. The fourth-order valence-electron chi connectivity index (χ4n) is 1.50. The van der Waals surface area contributed by atoms with Crippen LogP contribution in [0.3, 0.4) is 0 Å². The number of benzene rings is 1. The van der Waals surface area contributed by atoms with Crippen molar-refractivity contribution < 1.29 is 14.2 Å². The predicted octanol–water partition coefficient (Wildman–Crippen LogP) is 1.84. The van der Waals surface area contributed by atoms with Gasteiger partial charge in [-0.25, -0.2) is 0 Å². The summed E-state index contributed by atoms with van der Waals surface area (Å²) in [5.74, 6) is 0.909. The van der Waals surface area contributed by atoms with E-state index in [0.29, 0.717) is 26.4 Å². The van der Waals surface area contributed by atoms with Crippen LogP contribution in [0.25, 0.3) is 0 Å². The number of hydrogen-bond donors (Lipinski definition) is 1. The average Bonchev–Trinajstić information content (AvgIpc) is 2.40. The average molecular weight is 253 g/mol. The van der Waals surface area contributed by atoms with Gasteiger partial charge >= 0.3 is 0 Å². The first-order valence-corrected chi connectivity index (χ1v) is 6.30. The van der Waals surface area contributed by atoms with Crippen LogP contribution in [0.4, 0.5) is 0 Å². The maximum atomic E-state index is 5.61. The van der Waals surface area contributed by atoms with Gasteiger partial charge in [0.05, 0.1) is 19.8 Å². The van der Waals surface area contributed by atoms with E-state index in [2.05, 4.69) is 17.4 Å². The van der Waals surface area contributed by atoms with Crippen molar-refractivity contribution in [1.82, 2.24) is 5.32 Å². The van der Waals surface area contributed by atoms with Crippen molar-refractivity contribution in [2.45, 2.75) is 13.0 Å². The van der Waals surface area contributed by atoms with Gasteiger partial charge in [-0.1, -0.05) is 12.1 Å². The van der Waals surface area contributed by atoms with Gasteiger partial charge in [-0.15, -0.1) is 0 Å². The molecule has 4 heteroatoms. The van der Waals surface area contributed by atoms with E-state index < -0.39 is 0 Å². The summed E-state index contributed by atoms with van der Waals surface area (Å²) in [6, 6.07) is 8.14. The van der Waals surface area contributed by atoms with Crippen LogP contribution in [0.1, 0.15) is 12.0 Å². The lowest BCUT2D eigenvalue weighted by Crippen LogP contribution is -2.07. The number of nitrogens with one attached hydrogen (secondary N) is 1. The molecule has 4 nitrogen and oxygen atoms in total. The van der Waals surface area contributed by atoms with Crippen molar-refractivity contribution in [1.29, 1.82) is 0 Å². The standard InChI is InChI=1S/C14H23NO3/c1-15-12-13-4-6-14(7-5-13)18-9-3-8-17-11-10-16-2/h4-7,15H,3,8-12H2,1-2H3. The Hall–Kier alpha value is -1.10. The van der Waals surface area contributed by atoms with Crippen LogP contribution in [-0.4, -0.2) is 40.6 Å². The molecule has 0 aromatic heterocycles. The zero-order chi connectivity index (χ0) is 13.1. The highest BCUT2D eigenvalue weighted by Crippen LogP contribution is 2.12. The van der Waals surface area contributed by atoms with Gasteiger partial charge in [0.25, 0.3) is 0 Å². The van der Waals surface area contributed by atoms with Crippen LogP contribution in [0.2, 0.25) is 0 Å². The maximum absolute atomic E-state index is 5.61. The first kappa shape index (κ1) is 15.0. The van der Waals surface area contributed by atoms with Crippen LogP contribution in [0.5, 0.6) is 5.75 Å². The van der Waals surface area contributed by atoms with Crippen molar-refractivity contribution in [2.24, 2.45) is 0 Å². The monoisotopic (exact) mass is 253 g/mol. The lowest BCUT2D eigenvalue weighted by Gasteiger charge is -2.07. The summed E-state index contributed by atoms with van der Waals surface area (Å²) >= 11 is 0. The Morgan fingerprint density at radius 2 is 1.78 bits per heavy atom. The van der Waals surface area contributed by atoms with Gasteiger partial charge in [-0.05, 0) is 24.7 Å². The van der Waals surface area contributed by atoms with Crippen LogP contribution < -0.4 is 10.1 Å². The third-order valence-corrected chi connectivity index (χ3v) is 2.44. The molecule has 0 aliphatic rings. The first-order chi connectivity index (χ1) is 8.86. The normalized spacial score (nSPS) is 10.6. The maximum Gasteiger partial charge on any atom is 0.119 e. The van der Waals surface area contributed by atoms with Gasteiger partial charge < -0.3 is 19.5 Å². The predicted molar refractivity (Wildman–Crippen MR) is 72.0 cm³/mol. The number of hydrogen-bond acceptors (Lipinski definition) is 4. The third kappa shape index (κ3) is 6.59. The molecule has 0 saturated carbocycles. The van der Waals surface area contributed by atoms with Gasteiger partial charge in [0.1, 0.15) is 5.75 Å². The van der Waals surface area contributed by atoms with Crippen molar-refractivity contribution in [2.75, 3.05) is 40.6 Å². The molecule has 0 amide bonds. The fraction of sp³-hybridized carbons (Fsp3) is 0.571. The summed E-state index contributed by atoms with van der Waals surface area (Å²) in [7, 11) is 3.61. The van der Waals surface area contributed by atoms with Gasteiger partial charge in [0, 0.05) is 26.7 Å². The Morgan fingerprint density at radius 1 is 1.00 bits per heavy atom. The molecule has 0 bridgehead atoms. The molecule has 0 saturated heterocycles. The molecule has 1 rings (SSSR count). The molecule has 0 atom stereocenters. The molecule has 0 heterocycles. The molecule has 1 aromatic carbocycles. The van der Waals surface area contributed by atoms with Gasteiger partial charge in [-0.2, -0.15) is 0 Å². The van der Waals surface area contributed by atoms with E-state index in [9.17, 15) is 0 Å². The Kier molecular flexibility index (Phi) is 8.21. The molecule has 1 aromatic rings. The SMILES string of the molecule is CNCc1ccc(OCCCOCCOC)cc1. The summed E-state index contributed by atoms with van der Waals surface area (Å²) in [5, 5.41) is 3.11. The van der Waals surface area contributed by atoms with E-state index in [-0.39, 0.29) is 0 Å². The molecule has 0 aliphatic heterocycles. The van der Waals surface area contributed by atoms with Crippen molar-refractivity contribution in [3.8, 4) is 5.75 Å². The molecule has 0 fully saturated rings. The lowest BCUT2D eigenvalue weighted by atomic mass is 10.2. The molecular weight excluding hydrogens is 230 g/mol. The molecule has 0 spiro atoms. The molecule has 18 heavy (non-hydrogen) atoms. The van der Waals surface area contributed by atoms with E-state index in [1.807, 2.05) is 19.2 Å². The van der Waals surface area contributed by atoms with Gasteiger partial charge in [-0.3, -0.25) is 0 Å². The van der Waals surface area contributed by atoms with E-state index in [1.54, 1.807) is 7.11 Å². The summed E-state index contributed by atoms with van der Waals surface area (Å²) in [5.41, 5.74) is 1.26. The van der Waals surface area contributed by atoms with Crippen molar-refractivity contribution in [3.63, 3.8) is 0 Å². The second-order valence-electron chi connectivity index (χ2n) is 3.98. The van der Waals surface area contributed by atoms with E-state index in [0.717, 1.165) is 18.7 Å². The van der Waals surface area contributed by atoms with Crippen LogP contribution in [-0.2, 0) is 16.0 Å². The van der Waals surface area contributed by atoms with E-state index >= 15 is 0 Å². The van der Waals surface area contributed by atoms with E-state index in [1.165, 1.54) is 5.56 Å². The second-order valence-corrected chi connectivity index (χ2v) is 3.98. The topological polar surface area (TPSA) is 39.7 Å². The minimum Gasteiger partial charge on any atom is -0.494 e. The highest BCUT2D eigenvalue weighted by Gasteiger charge is 1.95. The van der Waals surface area contributed by atoms with Crippen LogP contribution in [0, 0.1) is 0 Å². The van der Waals surface area contributed by atoms with Crippen molar-refractivity contribution in [3.05, 3.63) is 29.8 Å². The van der Waals surface area contributed by atoms with Gasteiger partial charge in [0.2, 0.25) is 0 Å². The number of rotatable bonds is 10. The molecule has 1 N–H and O–H groups in total. The summed E-state index contributed by atoms with van der Waals surface area (Å²) in [4.78, 5) is 0. The molecule has 0 aliphatic carbocycles. The summed E-state index contributed by atoms with van der Waals surface area (Å²) < 4.78 is 15.9. The Bertz CT molecular complexity index is 300. The Labute approximate surface area is 109 Å². The van der Waals surface area contributed by atoms with E-state index in [4.69, 9.17) is 14.2 Å². The highest BCUT2D eigenvalue weighted by atomic mass is 16.5. The number of ether oxygens (including phenoxy) is 3. The second kappa shape index (κ2) is 9.88. The lowest BCUT2D eigenvalue weighted by molar-refractivity contribution is 0.0644. The quantitative estimate of drug-likeness (QED) is 0.646. The molecule has 0 radical (unpaired) electrons. The smallest absolute Gasteiger partial charge is 0.119 e. The zero-order valence-electron chi connectivity index (χ0n) is 11.3. The molecular formula is C14H23NO3. The first-order valence-electron chi connectivity index (χ1n) is 6.30. The van der Waals surface area contributed by atoms with Crippen molar-refractivity contribution >= 4 is 0 Å². The number of methoxy groups -OCH3 is 1. The minimum absolute atomic E-state index is 0.647. The molecule has 102 valence electrons. The van der Waals surface area contributed by atoms with Crippen LogP contribution >= 0.6 is 0 Å². The molecule has 0 unspecified atom stereocenters. The highest BCUT2D eigenvalue weighted by molar-refractivity contribution is 5.27. The minimum atomic E-state index is 0.647. The zero-order valence-corrected chi connectivity index (χ0v) is 11.3. The fourth-order valence-corrected chi connectivity index (χ4v) is 1.50. The Morgan fingerprint density at radius 3 is 2.44 bits per heavy atom. The van der Waals surface area contributed by atoms with Crippen LogP contribution in [0.15, 0.2) is 24.3 Å². The summed E-state index contributed by atoms with van der Waals surface area (Å²) in [6.45, 7) is 3.57. The third-order valence-electron chi connectivity index (χ3n) is 2.44. The Balaban J connectivity index is 2.08.